The van der Waals surface area contributed by atoms with Crippen molar-refractivity contribution in [3.8, 4) is 170 Å². The molecule has 0 N–H and O–H groups in total. The number of nitrogens with zero attached hydrogens (tertiary/aromatic N) is 12. The molecule has 0 amide bonds. The van der Waals surface area contributed by atoms with E-state index in [-0.39, 0.29) is 0 Å². The number of hydrogen-bond donors (Lipinski definition) is 0. The van der Waals surface area contributed by atoms with Gasteiger partial charge in [0, 0.05) is 115 Å². The molecule has 22 aromatic carbocycles. The quantitative estimate of drug-likeness (QED) is 0.0897. The second-order valence-electron chi connectivity index (χ2n) is 36.7. The predicted molar refractivity (Wildman–Crippen MR) is 609 cm³/mol. The van der Waals surface area contributed by atoms with Crippen molar-refractivity contribution < 1.29 is 0 Å². The maximum Gasteiger partial charge on any atom is 0.164 e. The molecule has 0 spiro atoms. The van der Waals surface area contributed by atoms with Gasteiger partial charge in [-0.05, 0) is 107 Å². The molecule has 12 heteroatoms. The predicted octanol–water partition coefficient (Wildman–Crippen LogP) is 34.3. The molecule has 148 heavy (non-hydrogen) atoms. The molecule has 0 atom stereocenters. The Hall–Kier alpha value is -20.1. The van der Waals surface area contributed by atoms with Crippen LogP contribution in [-0.4, -0.2) is 59.8 Å². The second-order valence-corrected chi connectivity index (χ2v) is 36.7. The molecule has 12 nitrogen and oxygen atoms in total. The maximum absolute atomic E-state index is 5.29. The van der Waals surface area contributed by atoms with Crippen molar-refractivity contribution in [3.63, 3.8) is 0 Å². The highest BCUT2D eigenvalue weighted by Crippen LogP contribution is 2.47. The number of hydrogen-bond acceptors (Lipinski definition) is 12. The molecule has 6 aromatic heterocycles. The van der Waals surface area contributed by atoms with Gasteiger partial charge in [-0.2, -0.15) is 0 Å². The first kappa shape index (κ1) is 88.1. The van der Waals surface area contributed by atoms with Gasteiger partial charge in [0.25, 0.3) is 0 Å². The summed E-state index contributed by atoms with van der Waals surface area (Å²) in [5, 5.41) is 20.3. The van der Waals surface area contributed by atoms with E-state index in [4.69, 9.17) is 59.8 Å². The first-order chi connectivity index (χ1) is 73.4. The SMILES string of the molecule is c1ccc(-c2nc(-c3ccccc3)nc(-c3ccc(-c4nc5ccccc5c5c(-c6cc7ccccc7c7ccccc67)cccc45)cc3)n2)cc1.c1ccc(-c2nc(-c3ccccc3)nc(-c3ccc(-c4nc5ccccc5c5c(-c6ccc7ccccc7c6)cccc45)cc3)n2)cc1.c1ccc(-c2nc(-c3ccccc3)nc(-c3ccc(-c4nc5ccccc5c5c(-c6cccc7ccccc67)cccc45)cc3)n2)cc1. The molecule has 0 fully saturated rings. The fourth-order valence-electron chi connectivity index (χ4n) is 20.6. The van der Waals surface area contributed by atoms with Gasteiger partial charge in [0.1, 0.15) is 0 Å². The molecule has 0 radical (unpaired) electrons. The standard InChI is InChI=1S/C48H30N4.2C44H28N4/c1-3-14-32(15-4-1)46-50-47(33-16-5-2-6-17-33)52-48(51-46)34-28-26-31(27-29-34)45-41-24-13-23-39(44(41)40-22-11-12-25-43(40)49-45)42-30-35-18-7-8-19-36(35)37-20-9-10-21-38(37)42;1-3-14-31(15-4-1)42-46-43(32-16-5-2-6-17-32)48-44(47-42)33-27-25-30(26-28-33)41-38-23-12-22-36(40(38)37-20-9-10-24-39(37)45-41)35-21-11-18-29-13-7-8-19-34(29)35;1-3-13-31(14-4-1)42-46-43(32-15-5-2-6-16-32)48-44(47-42)33-25-23-30(24-26-33)41-38-20-11-19-36(40(38)37-18-9-10-21-39(37)45-41)35-27-22-29-12-7-8-17-34(29)28-35/h1-30H;2*1-28H. The molecule has 0 aliphatic heterocycles. The van der Waals surface area contributed by atoms with Crippen molar-refractivity contribution in [1.82, 2.24) is 59.8 Å². The van der Waals surface area contributed by atoms with E-state index >= 15 is 0 Å². The molecule has 0 bridgehead atoms. The van der Waals surface area contributed by atoms with E-state index in [1.165, 1.54) is 92.6 Å². The van der Waals surface area contributed by atoms with Crippen molar-refractivity contribution >= 4 is 108 Å². The van der Waals surface area contributed by atoms with Gasteiger partial charge < -0.3 is 0 Å². The summed E-state index contributed by atoms with van der Waals surface area (Å²) < 4.78 is 0. The van der Waals surface area contributed by atoms with Crippen LogP contribution < -0.4 is 0 Å². The highest BCUT2D eigenvalue weighted by Gasteiger charge is 2.25. The summed E-state index contributed by atoms with van der Waals surface area (Å²) in [5.74, 6) is 5.75. The minimum atomic E-state index is 0.626. The first-order valence-electron chi connectivity index (χ1n) is 49.6. The Labute approximate surface area is 853 Å². The summed E-state index contributed by atoms with van der Waals surface area (Å²) in [5.41, 5.74) is 24.5. The molecule has 6 heterocycles. The maximum atomic E-state index is 5.29. The third-order valence-corrected chi connectivity index (χ3v) is 27.7. The summed E-state index contributed by atoms with van der Waals surface area (Å²) in [4.78, 5) is 59.9. The van der Waals surface area contributed by atoms with E-state index in [1.54, 1.807) is 0 Å². The van der Waals surface area contributed by atoms with E-state index < -0.39 is 0 Å². The largest absolute Gasteiger partial charge is 0.247 e. The number of fused-ring (bicyclic) bond motifs is 14. The Morgan fingerprint density at radius 3 is 0.709 bits per heavy atom. The van der Waals surface area contributed by atoms with Gasteiger partial charge in [0.15, 0.2) is 52.4 Å². The zero-order valence-electron chi connectivity index (χ0n) is 80.0. The van der Waals surface area contributed by atoms with Crippen LogP contribution in [0.2, 0.25) is 0 Å². The Bertz CT molecular complexity index is 9760. The van der Waals surface area contributed by atoms with Crippen molar-refractivity contribution in [3.05, 3.63) is 522 Å². The molecule has 690 valence electrons. The lowest BCUT2D eigenvalue weighted by Gasteiger charge is -2.17. The lowest BCUT2D eigenvalue weighted by atomic mass is 9.88. The van der Waals surface area contributed by atoms with Gasteiger partial charge >= 0.3 is 0 Å². The van der Waals surface area contributed by atoms with E-state index in [9.17, 15) is 0 Å². The van der Waals surface area contributed by atoms with Gasteiger partial charge in [-0.15, -0.1) is 0 Å². The molecule has 0 aliphatic carbocycles. The molecule has 0 unspecified atom stereocenters. The Morgan fingerprint density at radius 1 is 0.101 bits per heavy atom. The minimum absolute atomic E-state index is 0.626. The van der Waals surface area contributed by atoms with Crippen molar-refractivity contribution in [2.24, 2.45) is 0 Å². The fourth-order valence-corrected chi connectivity index (χ4v) is 20.6. The van der Waals surface area contributed by atoms with E-state index in [0.29, 0.717) is 52.4 Å². The second kappa shape index (κ2) is 38.7. The van der Waals surface area contributed by atoms with Crippen LogP contribution in [-0.2, 0) is 0 Å². The van der Waals surface area contributed by atoms with Gasteiger partial charge in [-0.1, -0.05) is 491 Å². The van der Waals surface area contributed by atoms with Crippen LogP contribution in [0.3, 0.4) is 0 Å². The first-order valence-corrected chi connectivity index (χ1v) is 49.6. The molecule has 0 aliphatic rings. The average molecular weight is 1890 g/mol. The Morgan fingerprint density at radius 2 is 0.338 bits per heavy atom. The normalized spacial score (nSPS) is 11.4. The molecule has 0 saturated heterocycles. The third kappa shape index (κ3) is 17.0. The molecule has 0 saturated carbocycles. The summed E-state index contributed by atoms with van der Waals surface area (Å²) in [7, 11) is 0. The van der Waals surface area contributed by atoms with Crippen LogP contribution in [0.1, 0.15) is 0 Å². The van der Waals surface area contributed by atoms with Crippen LogP contribution in [0.5, 0.6) is 0 Å². The smallest absolute Gasteiger partial charge is 0.164 e. The number of rotatable bonds is 15. The molecule has 28 rings (SSSR count). The number of aromatic nitrogens is 12. The zero-order chi connectivity index (χ0) is 98.2. The number of pyridine rings is 3. The lowest BCUT2D eigenvalue weighted by molar-refractivity contribution is 1.07. The minimum Gasteiger partial charge on any atom is -0.247 e. The third-order valence-electron chi connectivity index (χ3n) is 27.7. The van der Waals surface area contributed by atoms with Crippen LogP contribution in [0.4, 0.5) is 0 Å². The Balaban J connectivity index is 0.000000112. The van der Waals surface area contributed by atoms with Gasteiger partial charge in [-0.3, -0.25) is 0 Å². The summed E-state index contributed by atoms with van der Waals surface area (Å²) in [6.45, 7) is 0. The van der Waals surface area contributed by atoms with Crippen LogP contribution >= 0.6 is 0 Å². The van der Waals surface area contributed by atoms with E-state index in [0.717, 1.165) is 133 Å². The average Bonchev–Trinajstić information content (AvgIpc) is 0.699. The highest BCUT2D eigenvalue weighted by atomic mass is 15.1. The highest BCUT2D eigenvalue weighted by molar-refractivity contribution is 6.24. The van der Waals surface area contributed by atoms with Gasteiger partial charge in [0.2, 0.25) is 0 Å². The number of para-hydroxylation sites is 3. The summed E-state index contributed by atoms with van der Waals surface area (Å²) >= 11 is 0. The van der Waals surface area contributed by atoms with E-state index in [2.05, 4.69) is 340 Å². The van der Waals surface area contributed by atoms with Gasteiger partial charge in [0.05, 0.1) is 33.6 Å². The topological polar surface area (TPSA) is 155 Å². The summed E-state index contributed by atoms with van der Waals surface area (Å²) in [6, 6.07) is 181. The molecular formula is C136H86N12. The lowest BCUT2D eigenvalue weighted by Crippen LogP contribution is -2.00. The van der Waals surface area contributed by atoms with E-state index in [1.807, 2.05) is 182 Å². The zero-order valence-corrected chi connectivity index (χ0v) is 80.0. The number of benzene rings is 22. The Kier molecular flexibility index (Phi) is 23.1. The summed E-state index contributed by atoms with van der Waals surface area (Å²) in [6.07, 6.45) is 0. The van der Waals surface area contributed by atoms with Crippen molar-refractivity contribution in [2.45, 2.75) is 0 Å². The fraction of sp³-hybridized carbons (Fsp3) is 0. The van der Waals surface area contributed by atoms with Crippen molar-refractivity contribution in [2.75, 3.05) is 0 Å². The van der Waals surface area contributed by atoms with Crippen LogP contribution in [0, 0.1) is 0 Å². The van der Waals surface area contributed by atoms with Crippen molar-refractivity contribution in [1.29, 1.82) is 0 Å². The van der Waals surface area contributed by atoms with Gasteiger partial charge in [-0.25, -0.2) is 59.8 Å². The monoisotopic (exact) mass is 1890 g/mol. The molecule has 28 aromatic rings. The van der Waals surface area contributed by atoms with Crippen LogP contribution in [0.15, 0.2) is 522 Å². The van der Waals surface area contributed by atoms with Crippen LogP contribution in [0.25, 0.3) is 278 Å². The molecular weight excluding hydrogens is 1800 g/mol.